The third kappa shape index (κ3) is 1.40. The van der Waals surface area contributed by atoms with E-state index in [1.54, 1.807) is 12.1 Å². The minimum absolute atomic E-state index is 0.521. The molecule has 1 aromatic carbocycles. The zero-order chi connectivity index (χ0) is 9.26. The summed E-state index contributed by atoms with van der Waals surface area (Å²) in [4.78, 5) is 6.76. The van der Waals surface area contributed by atoms with E-state index in [9.17, 15) is 0 Å². The Hall–Kier alpha value is -1.78. The molecule has 0 saturated heterocycles. The number of hydrogen-bond donors (Lipinski definition) is 1. The van der Waals surface area contributed by atoms with Crippen molar-refractivity contribution in [1.29, 1.82) is 0 Å². The highest BCUT2D eigenvalue weighted by Crippen LogP contribution is 2.27. The average molecular weight is 191 g/mol. The number of rotatable bonds is 1. The summed E-state index contributed by atoms with van der Waals surface area (Å²) in [5.74, 6) is 0. The molecule has 2 N–H and O–H groups in total. The van der Waals surface area contributed by atoms with Gasteiger partial charge in [-0.05, 0) is 17.7 Å². The van der Waals surface area contributed by atoms with E-state index in [0.29, 0.717) is 10.8 Å². The second kappa shape index (κ2) is 2.93. The number of anilines is 1. The van der Waals surface area contributed by atoms with Crippen molar-refractivity contribution < 1.29 is 0 Å². The molecule has 6 heteroatoms. The van der Waals surface area contributed by atoms with E-state index in [-0.39, 0.29) is 0 Å². The van der Waals surface area contributed by atoms with Gasteiger partial charge < -0.3 is 5.73 Å². The number of benzene rings is 1. The lowest BCUT2D eigenvalue weighted by molar-refractivity contribution is 1.46. The highest BCUT2D eigenvalue weighted by molar-refractivity contribution is 7.22. The topological polar surface area (TPSA) is 87.7 Å². The zero-order valence-corrected chi connectivity index (χ0v) is 7.32. The molecule has 1 heterocycles. The minimum Gasteiger partial charge on any atom is -0.375 e. The average Bonchev–Trinajstić information content (AvgIpc) is 2.44. The van der Waals surface area contributed by atoms with Crippen LogP contribution in [0.25, 0.3) is 20.7 Å². The number of aromatic nitrogens is 1. The Balaban J connectivity index is 2.67. The van der Waals surface area contributed by atoms with Crippen LogP contribution < -0.4 is 5.73 Å². The normalized spacial score (nSPS) is 9.85. The van der Waals surface area contributed by atoms with Crippen molar-refractivity contribution in [3.8, 4) is 0 Å². The number of fused-ring (bicyclic) bond motifs is 1. The van der Waals surface area contributed by atoms with Gasteiger partial charge in [-0.3, -0.25) is 0 Å². The number of thiazole rings is 1. The van der Waals surface area contributed by atoms with Crippen LogP contribution >= 0.6 is 11.3 Å². The van der Waals surface area contributed by atoms with Crippen molar-refractivity contribution in [1.82, 2.24) is 4.98 Å². The summed E-state index contributed by atoms with van der Waals surface area (Å²) in [6, 6.07) is 5.29. The summed E-state index contributed by atoms with van der Waals surface area (Å²) in [6.45, 7) is 0. The first kappa shape index (κ1) is 7.85. The first-order valence-electron chi connectivity index (χ1n) is 3.51. The van der Waals surface area contributed by atoms with E-state index in [0.717, 1.165) is 10.2 Å². The maximum atomic E-state index is 8.21. The van der Waals surface area contributed by atoms with Crippen LogP contribution in [0, 0.1) is 0 Å². The second-order valence-corrected chi connectivity index (χ2v) is 3.46. The number of hydrogen-bond acceptors (Lipinski definition) is 4. The third-order valence-electron chi connectivity index (χ3n) is 1.55. The predicted octanol–water partition coefficient (Wildman–Crippen LogP) is 2.82. The molecule has 0 aliphatic rings. The largest absolute Gasteiger partial charge is 0.375 e. The van der Waals surface area contributed by atoms with Crippen molar-refractivity contribution in [3.05, 3.63) is 28.6 Å². The molecule has 0 aliphatic carbocycles. The quantitative estimate of drug-likeness (QED) is 0.426. The summed E-state index contributed by atoms with van der Waals surface area (Å²) >= 11 is 1.41. The van der Waals surface area contributed by atoms with E-state index in [1.165, 1.54) is 11.3 Å². The van der Waals surface area contributed by atoms with Gasteiger partial charge in [0, 0.05) is 10.6 Å². The van der Waals surface area contributed by atoms with Gasteiger partial charge in [0.25, 0.3) is 0 Å². The molecule has 5 nitrogen and oxygen atoms in total. The third-order valence-corrected chi connectivity index (χ3v) is 2.41. The van der Waals surface area contributed by atoms with E-state index >= 15 is 0 Å². The van der Waals surface area contributed by atoms with Crippen LogP contribution in [0.4, 0.5) is 10.8 Å². The smallest absolute Gasteiger partial charge is 0.181 e. The molecule has 0 saturated carbocycles. The molecule has 64 valence electrons. The molecule has 0 atom stereocenters. The van der Waals surface area contributed by atoms with Crippen molar-refractivity contribution in [2.24, 2.45) is 5.11 Å². The number of nitrogens with two attached hydrogens (primary N) is 1. The van der Waals surface area contributed by atoms with Crippen LogP contribution in [0.3, 0.4) is 0 Å². The van der Waals surface area contributed by atoms with Crippen LogP contribution in [0.5, 0.6) is 0 Å². The summed E-state index contributed by atoms with van der Waals surface area (Å²) in [5.41, 5.74) is 15.1. The molecule has 13 heavy (non-hydrogen) atoms. The predicted molar refractivity (Wildman–Crippen MR) is 52.8 cm³/mol. The van der Waals surface area contributed by atoms with Gasteiger partial charge in [-0.1, -0.05) is 22.5 Å². The maximum Gasteiger partial charge on any atom is 0.181 e. The van der Waals surface area contributed by atoms with Crippen LogP contribution in [0.15, 0.2) is 23.3 Å². The minimum atomic E-state index is 0.521. The van der Waals surface area contributed by atoms with Gasteiger partial charge in [-0.25, -0.2) is 4.98 Å². The Kier molecular flexibility index (Phi) is 1.77. The van der Waals surface area contributed by atoms with Gasteiger partial charge in [0.1, 0.15) is 0 Å². The van der Waals surface area contributed by atoms with Crippen molar-refractivity contribution >= 4 is 32.4 Å². The van der Waals surface area contributed by atoms with Gasteiger partial charge in [0.05, 0.1) is 10.2 Å². The molecular formula is C7H5N5S. The molecule has 2 rings (SSSR count). The Morgan fingerprint density at radius 1 is 1.54 bits per heavy atom. The van der Waals surface area contributed by atoms with Crippen molar-refractivity contribution in [2.75, 3.05) is 5.73 Å². The van der Waals surface area contributed by atoms with Gasteiger partial charge in [0.15, 0.2) is 5.13 Å². The number of nitrogens with zero attached hydrogens (tertiary/aromatic N) is 4. The molecule has 0 aliphatic heterocycles. The molecular weight excluding hydrogens is 186 g/mol. The fourth-order valence-electron chi connectivity index (χ4n) is 1.05. The van der Waals surface area contributed by atoms with Crippen LogP contribution in [-0.2, 0) is 0 Å². The Morgan fingerprint density at radius 2 is 2.38 bits per heavy atom. The van der Waals surface area contributed by atoms with Gasteiger partial charge in [0.2, 0.25) is 0 Å². The maximum absolute atomic E-state index is 8.21. The Morgan fingerprint density at radius 3 is 3.15 bits per heavy atom. The lowest BCUT2D eigenvalue weighted by Gasteiger charge is -1.88. The summed E-state index contributed by atoms with van der Waals surface area (Å²) in [5, 5.41) is 3.99. The van der Waals surface area contributed by atoms with Crippen molar-refractivity contribution in [2.45, 2.75) is 0 Å². The van der Waals surface area contributed by atoms with Crippen molar-refractivity contribution in [3.63, 3.8) is 0 Å². The van der Waals surface area contributed by atoms with Crippen LogP contribution in [-0.4, -0.2) is 4.98 Å². The highest BCUT2D eigenvalue weighted by Gasteiger charge is 2.00. The second-order valence-electron chi connectivity index (χ2n) is 2.39. The molecule has 0 amide bonds. The molecule has 0 spiro atoms. The lowest BCUT2D eigenvalue weighted by Crippen LogP contribution is -1.78. The Bertz CT molecular complexity index is 497. The number of azide groups is 1. The molecule has 1 aromatic heterocycles. The van der Waals surface area contributed by atoms with Gasteiger partial charge >= 0.3 is 0 Å². The monoisotopic (exact) mass is 191 g/mol. The first-order chi connectivity index (χ1) is 6.29. The zero-order valence-electron chi connectivity index (χ0n) is 6.51. The summed E-state index contributed by atoms with van der Waals surface area (Å²) < 4.78 is 0.995. The van der Waals surface area contributed by atoms with E-state index in [1.807, 2.05) is 6.07 Å². The van der Waals surface area contributed by atoms with E-state index in [2.05, 4.69) is 15.0 Å². The van der Waals surface area contributed by atoms with Gasteiger partial charge in [-0.15, -0.1) is 0 Å². The first-order valence-corrected chi connectivity index (χ1v) is 4.32. The molecule has 0 bridgehead atoms. The standard InChI is InChI=1S/C7H5N5S/c8-7-10-5-3-4(11-12-9)1-2-6(5)13-7/h1-3H,(H2,8,10). The number of nitrogen functional groups attached to an aromatic ring is 1. The Labute approximate surface area is 77.4 Å². The lowest BCUT2D eigenvalue weighted by atomic mass is 10.3. The molecule has 0 radical (unpaired) electrons. The highest BCUT2D eigenvalue weighted by atomic mass is 32.1. The molecule has 0 unspecified atom stereocenters. The van der Waals surface area contributed by atoms with Gasteiger partial charge in [-0.2, -0.15) is 0 Å². The SMILES string of the molecule is [N-]=[N+]=Nc1ccc2sc(N)nc2c1. The van der Waals surface area contributed by atoms with Crippen LogP contribution in [0.1, 0.15) is 0 Å². The van der Waals surface area contributed by atoms with E-state index < -0.39 is 0 Å². The molecule has 0 fully saturated rings. The summed E-state index contributed by atoms with van der Waals surface area (Å²) in [6.07, 6.45) is 0. The fourth-order valence-corrected chi connectivity index (χ4v) is 1.76. The summed E-state index contributed by atoms with van der Waals surface area (Å²) in [7, 11) is 0. The van der Waals surface area contributed by atoms with E-state index in [4.69, 9.17) is 11.3 Å². The van der Waals surface area contributed by atoms with Crippen LogP contribution in [0.2, 0.25) is 0 Å². The fraction of sp³-hybridized carbons (Fsp3) is 0. The molecule has 2 aromatic rings.